The van der Waals surface area contributed by atoms with Gasteiger partial charge in [0.2, 0.25) is 5.91 Å². The van der Waals surface area contributed by atoms with E-state index >= 15 is 0 Å². The molecule has 122 valence electrons. The summed E-state index contributed by atoms with van der Waals surface area (Å²) in [6.45, 7) is 1.11. The summed E-state index contributed by atoms with van der Waals surface area (Å²) in [5.74, 6) is -0.256. The molecular formula is C16H20F3NO2. The monoisotopic (exact) mass is 315 g/mol. The van der Waals surface area contributed by atoms with Gasteiger partial charge in [-0.05, 0) is 30.9 Å². The number of hydrogen-bond donors (Lipinski definition) is 0. The van der Waals surface area contributed by atoms with E-state index < -0.39 is 11.7 Å². The van der Waals surface area contributed by atoms with E-state index in [1.54, 1.807) is 12.0 Å². The van der Waals surface area contributed by atoms with Gasteiger partial charge >= 0.3 is 6.18 Å². The predicted molar refractivity (Wildman–Crippen MR) is 76.4 cm³/mol. The molecule has 0 N–H and O–H groups in total. The second-order valence-electron chi connectivity index (χ2n) is 5.50. The number of benzene rings is 1. The van der Waals surface area contributed by atoms with Gasteiger partial charge in [-0.1, -0.05) is 18.2 Å². The fraction of sp³-hybridized carbons (Fsp3) is 0.562. The Kier molecular flexibility index (Phi) is 5.45. The number of hydrogen-bond acceptors (Lipinski definition) is 2. The Labute approximate surface area is 128 Å². The summed E-state index contributed by atoms with van der Waals surface area (Å²) < 4.78 is 44.2. The van der Waals surface area contributed by atoms with Gasteiger partial charge in [0, 0.05) is 20.2 Å². The summed E-state index contributed by atoms with van der Waals surface area (Å²) in [4.78, 5) is 14.0. The standard InChI is InChI=1S/C16H20F3NO2/c1-22-13-6-4-9-20(10-8-13)15(21)11-12-5-2-3-7-14(12)16(17,18)19/h2-3,5,7,13H,4,6,8-11H2,1H3. The molecule has 3 nitrogen and oxygen atoms in total. The highest BCUT2D eigenvalue weighted by molar-refractivity contribution is 5.79. The number of rotatable bonds is 3. The SMILES string of the molecule is COC1CCCN(C(=O)Cc2ccccc2C(F)(F)F)CC1. The largest absolute Gasteiger partial charge is 0.416 e. The van der Waals surface area contributed by atoms with Gasteiger partial charge in [0.1, 0.15) is 0 Å². The average Bonchev–Trinajstić information content (AvgIpc) is 2.72. The lowest BCUT2D eigenvalue weighted by Crippen LogP contribution is -2.34. The molecular weight excluding hydrogens is 295 g/mol. The Morgan fingerprint density at radius 2 is 2.00 bits per heavy atom. The Balaban J connectivity index is 2.06. The molecule has 1 aromatic carbocycles. The smallest absolute Gasteiger partial charge is 0.381 e. The quantitative estimate of drug-likeness (QED) is 0.857. The van der Waals surface area contributed by atoms with Crippen molar-refractivity contribution < 1.29 is 22.7 Å². The number of ether oxygens (including phenoxy) is 1. The number of carbonyl (C=O) groups is 1. The van der Waals surface area contributed by atoms with Crippen molar-refractivity contribution in [3.8, 4) is 0 Å². The van der Waals surface area contributed by atoms with Crippen LogP contribution in [0.25, 0.3) is 0 Å². The molecule has 1 fully saturated rings. The first-order chi connectivity index (χ1) is 10.4. The van der Waals surface area contributed by atoms with Crippen LogP contribution in [0.1, 0.15) is 30.4 Å². The summed E-state index contributed by atoms with van der Waals surface area (Å²) in [5.41, 5.74) is -0.694. The van der Waals surface area contributed by atoms with Crippen LogP contribution in [0.4, 0.5) is 13.2 Å². The van der Waals surface area contributed by atoms with Crippen LogP contribution in [0, 0.1) is 0 Å². The third-order valence-electron chi connectivity index (χ3n) is 4.03. The second kappa shape index (κ2) is 7.13. The maximum Gasteiger partial charge on any atom is 0.416 e. The Hall–Kier alpha value is -1.56. The van der Waals surface area contributed by atoms with Crippen molar-refractivity contribution in [1.29, 1.82) is 0 Å². The summed E-state index contributed by atoms with van der Waals surface area (Å²) >= 11 is 0. The first-order valence-electron chi connectivity index (χ1n) is 7.37. The molecule has 0 spiro atoms. The van der Waals surface area contributed by atoms with Gasteiger partial charge in [-0.15, -0.1) is 0 Å². The molecule has 22 heavy (non-hydrogen) atoms. The molecule has 1 aliphatic rings. The number of nitrogens with zero attached hydrogens (tertiary/aromatic N) is 1. The van der Waals surface area contributed by atoms with Crippen molar-refractivity contribution in [2.45, 2.75) is 38.0 Å². The molecule has 0 radical (unpaired) electrons. The number of carbonyl (C=O) groups excluding carboxylic acids is 1. The number of methoxy groups -OCH3 is 1. The number of halogens is 3. The van der Waals surface area contributed by atoms with Gasteiger partial charge in [-0.2, -0.15) is 13.2 Å². The minimum absolute atomic E-state index is 0.0348. The molecule has 0 aromatic heterocycles. The molecule has 1 atom stereocenters. The highest BCUT2D eigenvalue weighted by atomic mass is 19.4. The van der Waals surface area contributed by atoms with Crippen molar-refractivity contribution in [3.63, 3.8) is 0 Å². The van der Waals surface area contributed by atoms with Crippen LogP contribution < -0.4 is 0 Å². The molecule has 1 aromatic rings. The fourth-order valence-corrected chi connectivity index (χ4v) is 2.78. The lowest BCUT2D eigenvalue weighted by Gasteiger charge is -2.21. The fourth-order valence-electron chi connectivity index (χ4n) is 2.78. The molecule has 6 heteroatoms. The van der Waals surface area contributed by atoms with Gasteiger partial charge in [0.15, 0.2) is 0 Å². The maximum atomic E-state index is 13.0. The summed E-state index contributed by atoms with van der Waals surface area (Å²) in [6, 6.07) is 5.26. The minimum Gasteiger partial charge on any atom is -0.381 e. The van der Waals surface area contributed by atoms with Crippen LogP contribution in [0.5, 0.6) is 0 Å². The third-order valence-corrected chi connectivity index (χ3v) is 4.03. The molecule has 0 aliphatic carbocycles. The van der Waals surface area contributed by atoms with Crippen LogP contribution in [0.15, 0.2) is 24.3 Å². The lowest BCUT2D eigenvalue weighted by atomic mass is 10.0. The van der Waals surface area contributed by atoms with Crippen molar-refractivity contribution in [2.24, 2.45) is 0 Å². The molecule has 1 aliphatic heterocycles. The number of likely N-dealkylation sites (tertiary alicyclic amines) is 1. The molecule has 2 rings (SSSR count). The average molecular weight is 315 g/mol. The van der Waals surface area contributed by atoms with Crippen molar-refractivity contribution in [3.05, 3.63) is 35.4 Å². The van der Waals surface area contributed by atoms with Crippen molar-refractivity contribution in [1.82, 2.24) is 4.90 Å². The normalized spacial score (nSPS) is 19.8. The lowest BCUT2D eigenvalue weighted by molar-refractivity contribution is -0.138. The molecule has 1 unspecified atom stereocenters. The van der Waals surface area contributed by atoms with Crippen LogP contribution in [0.3, 0.4) is 0 Å². The van der Waals surface area contributed by atoms with Crippen LogP contribution in [-0.4, -0.2) is 37.1 Å². The molecule has 0 bridgehead atoms. The Bertz CT molecular complexity index is 516. The predicted octanol–water partition coefficient (Wildman–Crippen LogP) is 3.28. The Morgan fingerprint density at radius 1 is 1.27 bits per heavy atom. The maximum absolute atomic E-state index is 13.0. The van der Waals surface area contributed by atoms with E-state index in [0.717, 1.165) is 25.3 Å². The van der Waals surface area contributed by atoms with Gasteiger partial charge in [0.05, 0.1) is 18.1 Å². The van der Waals surface area contributed by atoms with Crippen LogP contribution >= 0.6 is 0 Å². The van der Waals surface area contributed by atoms with E-state index in [4.69, 9.17) is 4.74 Å². The highest BCUT2D eigenvalue weighted by Gasteiger charge is 2.33. The van der Waals surface area contributed by atoms with Gasteiger partial charge in [-0.3, -0.25) is 4.79 Å². The van der Waals surface area contributed by atoms with Crippen molar-refractivity contribution >= 4 is 5.91 Å². The molecule has 0 saturated carbocycles. The summed E-state index contributed by atoms with van der Waals surface area (Å²) in [5, 5.41) is 0. The van der Waals surface area contributed by atoms with E-state index in [9.17, 15) is 18.0 Å². The topological polar surface area (TPSA) is 29.5 Å². The van der Waals surface area contributed by atoms with E-state index in [1.165, 1.54) is 18.2 Å². The first kappa shape index (κ1) is 16.8. The number of amides is 1. The zero-order chi connectivity index (χ0) is 16.2. The molecule has 1 heterocycles. The van der Waals surface area contributed by atoms with Crippen LogP contribution in [0.2, 0.25) is 0 Å². The Morgan fingerprint density at radius 3 is 2.68 bits per heavy atom. The summed E-state index contributed by atoms with van der Waals surface area (Å²) in [6.07, 6.45) is -2.11. The summed E-state index contributed by atoms with van der Waals surface area (Å²) in [7, 11) is 1.64. The van der Waals surface area contributed by atoms with Gasteiger partial charge in [-0.25, -0.2) is 0 Å². The van der Waals surface area contributed by atoms with E-state index in [1.807, 2.05) is 0 Å². The zero-order valence-corrected chi connectivity index (χ0v) is 12.5. The molecule has 1 amide bonds. The minimum atomic E-state index is -4.43. The van der Waals surface area contributed by atoms with Crippen molar-refractivity contribution in [2.75, 3.05) is 20.2 Å². The second-order valence-corrected chi connectivity index (χ2v) is 5.50. The van der Waals surface area contributed by atoms with Crippen LogP contribution in [-0.2, 0) is 22.1 Å². The first-order valence-corrected chi connectivity index (χ1v) is 7.37. The highest BCUT2D eigenvalue weighted by Crippen LogP contribution is 2.32. The number of alkyl halides is 3. The van der Waals surface area contributed by atoms with Gasteiger partial charge in [0.25, 0.3) is 0 Å². The van der Waals surface area contributed by atoms with E-state index in [0.29, 0.717) is 13.1 Å². The van der Waals surface area contributed by atoms with Gasteiger partial charge < -0.3 is 9.64 Å². The van der Waals surface area contributed by atoms with E-state index in [-0.39, 0.29) is 24.0 Å². The zero-order valence-electron chi connectivity index (χ0n) is 12.5. The third kappa shape index (κ3) is 4.22. The molecule has 1 saturated heterocycles. The van der Waals surface area contributed by atoms with E-state index in [2.05, 4.69) is 0 Å².